The van der Waals surface area contributed by atoms with E-state index in [0.717, 1.165) is 42.3 Å². The number of hydrogen-bond acceptors (Lipinski definition) is 6. The Bertz CT molecular complexity index is 1050. The maximum atomic E-state index is 12.7. The molecule has 5 N–H and O–H groups in total. The van der Waals surface area contributed by atoms with Crippen LogP contribution in [0.1, 0.15) is 49.3 Å². The molecule has 35 heavy (non-hydrogen) atoms. The van der Waals surface area contributed by atoms with Crippen molar-refractivity contribution < 1.29 is 19.4 Å². The quantitative estimate of drug-likeness (QED) is 0.368. The first-order valence-electron chi connectivity index (χ1n) is 12.4. The van der Waals surface area contributed by atoms with Crippen LogP contribution in [-0.4, -0.2) is 48.4 Å². The van der Waals surface area contributed by atoms with E-state index in [-0.39, 0.29) is 12.1 Å². The number of carbonyl (C=O) groups excluding carboxylic acids is 1. The summed E-state index contributed by atoms with van der Waals surface area (Å²) >= 11 is 0. The molecule has 2 atom stereocenters. The number of aliphatic imine (C=N–C) groups is 1. The van der Waals surface area contributed by atoms with E-state index in [1.165, 1.54) is 25.7 Å². The highest BCUT2D eigenvalue weighted by molar-refractivity contribution is 6.42. The van der Waals surface area contributed by atoms with Crippen molar-refractivity contribution in [3.05, 3.63) is 59.7 Å². The second-order valence-electron chi connectivity index (χ2n) is 9.28. The Morgan fingerprint density at radius 1 is 1.11 bits per heavy atom. The number of unbranched alkanes of at least 4 members (excludes halogenated alkanes) is 1. The highest BCUT2D eigenvalue weighted by Crippen LogP contribution is 2.32. The molecule has 8 heteroatoms. The fraction of sp³-hybridized carbons (Fsp3) is 0.444. The number of piperidine rings is 1. The number of nitrogens with zero attached hydrogens (tertiary/aromatic N) is 1. The van der Waals surface area contributed by atoms with Crippen LogP contribution in [0, 0.1) is 5.92 Å². The molecule has 0 radical (unpaired) electrons. The minimum absolute atomic E-state index is 0.126. The number of nitrogens with two attached hydrogens (primary N) is 1. The van der Waals surface area contributed by atoms with Crippen molar-refractivity contribution in [2.75, 3.05) is 19.7 Å². The second kappa shape index (κ2) is 12.0. The minimum Gasteiger partial charge on any atom is -0.494 e. The van der Waals surface area contributed by atoms with Gasteiger partial charge in [-0.3, -0.25) is 4.79 Å². The molecule has 0 saturated carbocycles. The lowest BCUT2D eigenvalue weighted by Crippen LogP contribution is -2.46. The van der Waals surface area contributed by atoms with Crippen molar-refractivity contribution in [3.63, 3.8) is 0 Å². The van der Waals surface area contributed by atoms with Gasteiger partial charge in [0, 0.05) is 12.0 Å². The maximum Gasteiger partial charge on any atom is 0.326 e. The number of para-hydroxylation sites is 1. The minimum atomic E-state index is -1.11. The monoisotopic (exact) mass is 478 g/mol. The van der Waals surface area contributed by atoms with Gasteiger partial charge in [-0.1, -0.05) is 36.8 Å². The molecule has 1 fully saturated rings. The zero-order valence-corrected chi connectivity index (χ0v) is 19.9. The highest BCUT2D eigenvalue weighted by Gasteiger charge is 2.31. The molecular weight excluding hydrogens is 444 g/mol. The fourth-order valence-electron chi connectivity index (χ4n) is 4.68. The molecule has 2 heterocycles. The Kier molecular flexibility index (Phi) is 8.50. The predicted octanol–water partition coefficient (Wildman–Crippen LogP) is 3.13. The largest absolute Gasteiger partial charge is 0.494 e. The Morgan fingerprint density at radius 2 is 1.86 bits per heavy atom. The summed E-state index contributed by atoms with van der Waals surface area (Å²) in [6.45, 7) is 2.94. The zero-order chi connectivity index (χ0) is 24.6. The van der Waals surface area contributed by atoms with Gasteiger partial charge < -0.3 is 26.2 Å². The summed E-state index contributed by atoms with van der Waals surface area (Å²) in [4.78, 5) is 28.9. The molecule has 2 aromatic rings. The van der Waals surface area contributed by atoms with Gasteiger partial charge in [-0.15, -0.1) is 0 Å². The number of rotatable bonds is 11. The lowest BCUT2D eigenvalue weighted by Gasteiger charge is -2.22. The van der Waals surface area contributed by atoms with Crippen molar-refractivity contribution in [2.24, 2.45) is 16.6 Å². The van der Waals surface area contributed by atoms with E-state index in [2.05, 4.69) is 15.6 Å². The first-order valence-corrected chi connectivity index (χ1v) is 12.4. The number of hydrogen-bond donors (Lipinski definition) is 4. The summed E-state index contributed by atoms with van der Waals surface area (Å²) in [5.74, 6) is -0.0803. The van der Waals surface area contributed by atoms with Crippen molar-refractivity contribution in [2.45, 2.75) is 50.6 Å². The van der Waals surface area contributed by atoms with Crippen LogP contribution in [0.25, 0.3) is 0 Å². The summed E-state index contributed by atoms with van der Waals surface area (Å²) in [6.07, 6.45) is 6.14. The van der Waals surface area contributed by atoms with Crippen LogP contribution in [0.3, 0.4) is 0 Å². The lowest BCUT2D eigenvalue weighted by atomic mass is 9.93. The molecule has 0 aromatic heterocycles. The molecule has 2 unspecified atom stereocenters. The number of aliphatic carboxylic acids is 1. The molecule has 2 aromatic carbocycles. The van der Waals surface area contributed by atoms with Gasteiger partial charge in [-0.05, 0) is 68.5 Å². The lowest BCUT2D eigenvalue weighted by molar-refractivity contribution is -0.141. The zero-order valence-electron chi connectivity index (χ0n) is 19.9. The predicted molar refractivity (Wildman–Crippen MR) is 135 cm³/mol. The van der Waals surface area contributed by atoms with Gasteiger partial charge in [0.15, 0.2) is 0 Å². The topological polar surface area (TPSA) is 126 Å². The second-order valence-corrected chi connectivity index (χ2v) is 9.28. The van der Waals surface area contributed by atoms with Crippen LogP contribution < -0.4 is 21.1 Å². The smallest absolute Gasteiger partial charge is 0.326 e. The molecule has 4 rings (SSSR count). The number of nitrogens with one attached hydrogen (secondary N) is 2. The highest BCUT2D eigenvalue weighted by atomic mass is 16.5. The SMILES string of the molecule is NC1C(C(=O)NC(Cc2ccc(OCCCCC3CCNCC3)cc2)C(=O)O)=Nc2ccccc21. The number of carbonyl (C=O) groups is 2. The van der Waals surface area contributed by atoms with Gasteiger partial charge in [0.05, 0.1) is 18.3 Å². The van der Waals surface area contributed by atoms with Crippen molar-refractivity contribution in [1.29, 1.82) is 0 Å². The Morgan fingerprint density at radius 3 is 2.57 bits per heavy atom. The van der Waals surface area contributed by atoms with Crippen LogP contribution in [0.15, 0.2) is 53.5 Å². The number of carboxylic acid groups (broad SMARTS) is 1. The molecule has 0 spiro atoms. The van der Waals surface area contributed by atoms with Crippen LogP contribution in [0.4, 0.5) is 5.69 Å². The third kappa shape index (κ3) is 6.68. The van der Waals surface area contributed by atoms with Gasteiger partial charge >= 0.3 is 5.97 Å². The number of amides is 1. The van der Waals surface area contributed by atoms with Crippen molar-refractivity contribution >= 4 is 23.3 Å². The summed E-state index contributed by atoms with van der Waals surface area (Å²) in [7, 11) is 0. The number of carboxylic acids is 1. The van der Waals surface area contributed by atoms with E-state index in [0.29, 0.717) is 12.3 Å². The average molecular weight is 479 g/mol. The number of benzene rings is 2. The Balaban J connectivity index is 1.24. The van der Waals surface area contributed by atoms with Gasteiger partial charge in [-0.25, -0.2) is 9.79 Å². The summed E-state index contributed by atoms with van der Waals surface area (Å²) in [6, 6.07) is 12.8. The van der Waals surface area contributed by atoms with E-state index < -0.39 is 24.0 Å². The molecule has 1 amide bonds. The van der Waals surface area contributed by atoms with E-state index in [1.807, 2.05) is 42.5 Å². The average Bonchev–Trinajstić information content (AvgIpc) is 3.21. The first-order chi connectivity index (χ1) is 17.0. The summed E-state index contributed by atoms with van der Waals surface area (Å²) in [5.41, 5.74) is 8.46. The van der Waals surface area contributed by atoms with E-state index in [4.69, 9.17) is 10.5 Å². The number of fused-ring (bicyclic) bond motifs is 1. The number of ether oxygens (including phenoxy) is 1. The van der Waals surface area contributed by atoms with E-state index >= 15 is 0 Å². The maximum absolute atomic E-state index is 12.7. The van der Waals surface area contributed by atoms with Crippen LogP contribution in [0.2, 0.25) is 0 Å². The molecule has 8 nitrogen and oxygen atoms in total. The molecule has 2 aliphatic heterocycles. The molecule has 1 saturated heterocycles. The molecule has 186 valence electrons. The summed E-state index contributed by atoms with van der Waals surface area (Å²) in [5, 5.41) is 15.6. The van der Waals surface area contributed by atoms with Gasteiger partial charge in [0.2, 0.25) is 0 Å². The molecule has 0 aliphatic carbocycles. The standard InChI is InChI=1S/C27H34N4O4/c28-24-21-6-1-2-7-22(21)30-25(24)26(32)31-23(27(33)34)17-19-8-10-20(11-9-19)35-16-4-3-5-18-12-14-29-15-13-18/h1-2,6-11,18,23-24,29H,3-5,12-17,28H2,(H,31,32)(H,33,34). The molecule has 0 bridgehead atoms. The molecule has 2 aliphatic rings. The first kappa shape index (κ1) is 24.9. The van der Waals surface area contributed by atoms with Gasteiger partial charge in [0.1, 0.15) is 17.5 Å². The Labute approximate surface area is 206 Å². The van der Waals surface area contributed by atoms with Crippen molar-refractivity contribution in [3.8, 4) is 5.75 Å². The fourth-order valence-corrected chi connectivity index (χ4v) is 4.68. The third-order valence-electron chi connectivity index (χ3n) is 6.74. The normalized spacial score (nSPS) is 18.4. The van der Waals surface area contributed by atoms with E-state index in [9.17, 15) is 14.7 Å². The van der Waals surface area contributed by atoms with Crippen LogP contribution >= 0.6 is 0 Å². The third-order valence-corrected chi connectivity index (χ3v) is 6.74. The van der Waals surface area contributed by atoms with Gasteiger partial charge in [0.25, 0.3) is 5.91 Å². The molecular formula is C27H34N4O4. The summed E-state index contributed by atoms with van der Waals surface area (Å²) < 4.78 is 5.85. The van der Waals surface area contributed by atoms with Crippen LogP contribution in [0.5, 0.6) is 5.75 Å². The Hall–Kier alpha value is -3.23. The van der Waals surface area contributed by atoms with Gasteiger partial charge in [-0.2, -0.15) is 0 Å². The van der Waals surface area contributed by atoms with Crippen LogP contribution in [-0.2, 0) is 16.0 Å². The van der Waals surface area contributed by atoms with E-state index in [1.54, 1.807) is 6.07 Å². The van der Waals surface area contributed by atoms with Crippen molar-refractivity contribution in [1.82, 2.24) is 10.6 Å².